The van der Waals surface area contributed by atoms with Gasteiger partial charge in [-0.05, 0) is 49.4 Å². The number of nitrogens with zero attached hydrogens (tertiary/aromatic N) is 1. The summed E-state index contributed by atoms with van der Waals surface area (Å²) in [5.41, 5.74) is 0.633. The molecule has 1 aromatic carbocycles. The van der Waals surface area contributed by atoms with E-state index in [0.29, 0.717) is 24.7 Å². The zero-order valence-electron chi connectivity index (χ0n) is 14.8. The Morgan fingerprint density at radius 2 is 1.83 bits per heavy atom. The van der Waals surface area contributed by atoms with E-state index in [1.165, 1.54) is 0 Å². The first-order valence-corrected chi connectivity index (χ1v) is 10.2. The van der Waals surface area contributed by atoms with Gasteiger partial charge < -0.3 is 5.32 Å². The van der Waals surface area contributed by atoms with Crippen LogP contribution >= 0.6 is 0 Å². The lowest BCUT2D eigenvalue weighted by atomic mass is 10.0. The molecule has 1 N–H and O–H groups in total. The summed E-state index contributed by atoms with van der Waals surface area (Å²) in [5.74, 6) is 0.505. The minimum absolute atomic E-state index is 0.0301. The second kappa shape index (κ2) is 8.12. The fourth-order valence-corrected chi connectivity index (χ4v) is 4.38. The van der Waals surface area contributed by atoms with Gasteiger partial charge in [-0.3, -0.25) is 4.79 Å². The molecule has 24 heavy (non-hydrogen) atoms. The fourth-order valence-electron chi connectivity index (χ4n) is 2.91. The lowest BCUT2D eigenvalue weighted by Gasteiger charge is -2.29. The van der Waals surface area contributed by atoms with Crippen LogP contribution in [0.2, 0.25) is 0 Å². The third-order valence-electron chi connectivity index (χ3n) is 4.67. The van der Waals surface area contributed by atoms with Crippen molar-refractivity contribution in [2.24, 2.45) is 11.8 Å². The van der Waals surface area contributed by atoms with Crippen LogP contribution in [0.1, 0.15) is 46.5 Å². The van der Waals surface area contributed by atoms with Gasteiger partial charge in [-0.15, -0.1) is 0 Å². The maximum absolute atomic E-state index is 12.7. The number of rotatable bonds is 6. The SMILES string of the molecule is CCCC(C)C(=O)Nc1ccc(S(=O)(=O)N2CCC(C)CC2)cc1. The van der Waals surface area contributed by atoms with Crippen molar-refractivity contribution in [2.75, 3.05) is 18.4 Å². The van der Waals surface area contributed by atoms with E-state index in [0.717, 1.165) is 25.7 Å². The molecular formula is C18H28N2O3S. The van der Waals surface area contributed by atoms with Crippen molar-refractivity contribution in [1.82, 2.24) is 4.31 Å². The fraction of sp³-hybridized carbons (Fsp3) is 0.611. The minimum Gasteiger partial charge on any atom is -0.326 e. The van der Waals surface area contributed by atoms with E-state index in [1.54, 1.807) is 28.6 Å². The summed E-state index contributed by atoms with van der Waals surface area (Å²) in [6, 6.07) is 6.48. The van der Waals surface area contributed by atoms with Gasteiger partial charge in [0.25, 0.3) is 0 Å². The van der Waals surface area contributed by atoms with Crippen molar-refractivity contribution < 1.29 is 13.2 Å². The Bertz CT molecular complexity index is 647. The van der Waals surface area contributed by atoms with Gasteiger partial charge in [0.2, 0.25) is 15.9 Å². The molecule has 1 amide bonds. The maximum Gasteiger partial charge on any atom is 0.243 e. The summed E-state index contributed by atoms with van der Waals surface area (Å²) >= 11 is 0. The number of anilines is 1. The van der Waals surface area contributed by atoms with Gasteiger partial charge in [-0.2, -0.15) is 4.31 Å². The molecule has 0 aromatic heterocycles. The Hall–Kier alpha value is -1.40. The highest BCUT2D eigenvalue weighted by Gasteiger charge is 2.27. The van der Waals surface area contributed by atoms with Gasteiger partial charge in [0.1, 0.15) is 0 Å². The lowest BCUT2D eigenvalue weighted by Crippen LogP contribution is -2.37. The predicted octanol–water partition coefficient (Wildman–Crippen LogP) is 3.48. The average Bonchev–Trinajstić information content (AvgIpc) is 2.56. The monoisotopic (exact) mass is 352 g/mol. The molecule has 0 saturated carbocycles. The summed E-state index contributed by atoms with van der Waals surface area (Å²) < 4.78 is 26.9. The highest BCUT2D eigenvalue weighted by Crippen LogP contribution is 2.24. The quantitative estimate of drug-likeness (QED) is 0.852. The number of carbonyl (C=O) groups is 1. The summed E-state index contributed by atoms with van der Waals surface area (Å²) in [5, 5.41) is 2.84. The second-order valence-electron chi connectivity index (χ2n) is 6.79. The predicted molar refractivity (Wildman–Crippen MR) is 96.3 cm³/mol. The van der Waals surface area contributed by atoms with Crippen molar-refractivity contribution in [2.45, 2.75) is 51.3 Å². The number of hydrogen-bond donors (Lipinski definition) is 1. The van der Waals surface area contributed by atoms with Crippen LogP contribution in [0.3, 0.4) is 0 Å². The Morgan fingerprint density at radius 1 is 1.25 bits per heavy atom. The highest BCUT2D eigenvalue weighted by atomic mass is 32.2. The first-order chi connectivity index (χ1) is 11.3. The number of piperidine rings is 1. The van der Waals surface area contributed by atoms with Crippen LogP contribution < -0.4 is 5.32 Å². The number of nitrogens with one attached hydrogen (secondary N) is 1. The molecule has 0 aliphatic carbocycles. The summed E-state index contributed by atoms with van der Waals surface area (Å²) in [6.07, 6.45) is 3.61. The molecule has 1 aliphatic heterocycles. The van der Waals surface area contributed by atoms with E-state index in [-0.39, 0.29) is 16.7 Å². The molecule has 0 spiro atoms. The Morgan fingerprint density at radius 3 is 2.38 bits per heavy atom. The van der Waals surface area contributed by atoms with E-state index in [9.17, 15) is 13.2 Å². The molecular weight excluding hydrogens is 324 g/mol. The zero-order chi connectivity index (χ0) is 17.7. The van der Waals surface area contributed by atoms with Crippen molar-refractivity contribution in [3.63, 3.8) is 0 Å². The molecule has 1 heterocycles. The summed E-state index contributed by atoms with van der Waals surface area (Å²) in [7, 11) is -3.44. The normalized spacial score (nSPS) is 18.3. The molecule has 1 unspecified atom stereocenters. The van der Waals surface area contributed by atoms with Crippen LogP contribution in [0, 0.1) is 11.8 Å². The first-order valence-electron chi connectivity index (χ1n) is 8.75. The highest BCUT2D eigenvalue weighted by molar-refractivity contribution is 7.89. The van der Waals surface area contributed by atoms with Gasteiger partial charge in [-0.1, -0.05) is 27.2 Å². The van der Waals surface area contributed by atoms with Crippen LogP contribution in [-0.2, 0) is 14.8 Å². The van der Waals surface area contributed by atoms with E-state index >= 15 is 0 Å². The van der Waals surface area contributed by atoms with E-state index in [1.807, 2.05) is 13.8 Å². The minimum atomic E-state index is -3.44. The zero-order valence-corrected chi connectivity index (χ0v) is 15.6. The Kier molecular flexibility index (Phi) is 6.40. The molecule has 6 heteroatoms. The van der Waals surface area contributed by atoms with E-state index in [4.69, 9.17) is 0 Å². The standard InChI is InChI=1S/C18H28N2O3S/c1-4-5-15(3)18(21)19-16-6-8-17(9-7-16)24(22,23)20-12-10-14(2)11-13-20/h6-9,14-15H,4-5,10-13H2,1-3H3,(H,19,21). The molecule has 0 bridgehead atoms. The smallest absolute Gasteiger partial charge is 0.243 e. The molecule has 5 nitrogen and oxygen atoms in total. The molecule has 1 aromatic rings. The van der Waals surface area contributed by atoms with Gasteiger partial charge in [0, 0.05) is 24.7 Å². The molecule has 2 rings (SSSR count). The van der Waals surface area contributed by atoms with Crippen molar-refractivity contribution >= 4 is 21.6 Å². The number of sulfonamides is 1. The molecule has 1 fully saturated rings. The van der Waals surface area contributed by atoms with Crippen LogP contribution in [0.15, 0.2) is 29.2 Å². The van der Waals surface area contributed by atoms with Crippen LogP contribution in [0.5, 0.6) is 0 Å². The van der Waals surface area contributed by atoms with Crippen LogP contribution in [0.4, 0.5) is 5.69 Å². The van der Waals surface area contributed by atoms with Gasteiger partial charge >= 0.3 is 0 Å². The Balaban J connectivity index is 2.04. The van der Waals surface area contributed by atoms with Gasteiger partial charge in [0.15, 0.2) is 0 Å². The van der Waals surface area contributed by atoms with Gasteiger partial charge in [0.05, 0.1) is 4.90 Å². The van der Waals surface area contributed by atoms with Crippen molar-refractivity contribution in [3.05, 3.63) is 24.3 Å². The largest absolute Gasteiger partial charge is 0.326 e. The number of hydrogen-bond acceptors (Lipinski definition) is 3. The van der Waals surface area contributed by atoms with Gasteiger partial charge in [-0.25, -0.2) is 8.42 Å². The topological polar surface area (TPSA) is 66.5 Å². The number of amides is 1. The summed E-state index contributed by atoms with van der Waals surface area (Å²) in [6.45, 7) is 7.26. The van der Waals surface area contributed by atoms with E-state index in [2.05, 4.69) is 12.2 Å². The molecule has 0 radical (unpaired) electrons. The lowest BCUT2D eigenvalue weighted by molar-refractivity contribution is -0.119. The maximum atomic E-state index is 12.7. The third kappa shape index (κ3) is 4.57. The second-order valence-corrected chi connectivity index (χ2v) is 8.73. The third-order valence-corrected chi connectivity index (χ3v) is 6.58. The molecule has 134 valence electrons. The molecule has 1 saturated heterocycles. The van der Waals surface area contributed by atoms with Crippen LogP contribution in [0.25, 0.3) is 0 Å². The summed E-state index contributed by atoms with van der Waals surface area (Å²) in [4.78, 5) is 12.3. The van der Waals surface area contributed by atoms with E-state index < -0.39 is 10.0 Å². The number of benzene rings is 1. The van der Waals surface area contributed by atoms with Crippen molar-refractivity contribution in [1.29, 1.82) is 0 Å². The molecule has 1 aliphatic rings. The molecule has 1 atom stereocenters. The first kappa shape index (κ1) is 18.9. The van der Waals surface area contributed by atoms with Crippen LogP contribution in [-0.4, -0.2) is 31.7 Å². The Labute approximate surface area is 145 Å². The van der Waals surface area contributed by atoms with Crippen molar-refractivity contribution in [3.8, 4) is 0 Å². The average molecular weight is 353 g/mol. The number of carbonyl (C=O) groups excluding carboxylic acids is 1.